The standard InChI is InChI=1S/C20H26FN3O/c1-23-13-16(12-22-23)14-24-8-6-20(7-9-24)11-18(25-15-20)10-17-4-2-3-5-19(17)21/h2-5,12-13,18H,6-11,14-15H2,1H3/t18-/m1/s1. The fourth-order valence-corrected chi connectivity index (χ4v) is 4.28. The third-order valence-corrected chi connectivity index (χ3v) is 5.77. The van der Waals surface area contributed by atoms with Gasteiger partial charge in [-0.1, -0.05) is 18.2 Å². The Morgan fingerprint density at radius 2 is 2.08 bits per heavy atom. The minimum Gasteiger partial charge on any atom is -0.377 e. The molecular weight excluding hydrogens is 317 g/mol. The van der Waals surface area contributed by atoms with Crippen LogP contribution in [0.25, 0.3) is 0 Å². The number of benzene rings is 1. The quantitative estimate of drug-likeness (QED) is 0.854. The predicted octanol–water partition coefficient (Wildman–Crippen LogP) is 3.17. The maximum absolute atomic E-state index is 13.9. The van der Waals surface area contributed by atoms with Crippen LogP contribution in [-0.2, 0) is 24.8 Å². The molecule has 2 aromatic rings. The number of aromatic nitrogens is 2. The molecular formula is C20H26FN3O. The first-order valence-corrected chi connectivity index (χ1v) is 9.17. The predicted molar refractivity (Wildman–Crippen MR) is 94.6 cm³/mol. The first-order valence-electron chi connectivity index (χ1n) is 9.17. The molecule has 2 aliphatic rings. The number of ether oxygens (including phenoxy) is 1. The lowest BCUT2D eigenvalue weighted by atomic mass is 9.76. The lowest BCUT2D eigenvalue weighted by molar-refractivity contribution is 0.0630. The van der Waals surface area contributed by atoms with E-state index >= 15 is 0 Å². The van der Waals surface area contributed by atoms with Crippen LogP contribution < -0.4 is 0 Å². The van der Waals surface area contributed by atoms with Crippen LogP contribution in [0.15, 0.2) is 36.7 Å². The molecule has 5 heteroatoms. The Morgan fingerprint density at radius 1 is 1.28 bits per heavy atom. The molecule has 134 valence electrons. The summed E-state index contributed by atoms with van der Waals surface area (Å²) in [7, 11) is 1.96. The molecule has 4 rings (SSSR count). The minimum atomic E-state index is -0.113. The first kappa shape index (κ1) is 16.7. The zero-order valence-corrected chi connectivity index (χ0v) is 14.8. The van der Waals surface area contributed by atoms with E-state index in [2.05, 4.69) is 16.2 Å². The number of likely N-dealkylation sites (tertiary alicyclic amines) is 1. The normalized spacial score (nSPS) is 23.4. The lowest BCUT2D eigenvalue weighted by Gasteiger charge is -2.38. The molecule has 1 spiro atoms. The van der Waals surface area contributed by atoms with Crippen molar-refractivity contribution < 1.29 is 9.13 Å². The Morgan fingerprint density at radius 3 is 2.80 bits per heavy atom. The fraction of sp³-hybridized carbons (Fsp3) is 0.550. The van der Waals surface area contributed by atoms with Crippen molar-refractivity contribution >= 4 is 0 Å². The number of hydrogen-bond acceptors (Lipinski definition) is 3. The van der Waals surface area contributed by atoms with Gasteiger partial charge in [0.2, 0.25) is 0 Å². The van der Waals surface area contributed by atoms with Gasteiger partial charge in [-0.3, -0.25) is 9.58 Å². The molecule has 0 unspecified atom stereocenters. The van der Waals surface area contributed by atoms with Gasteiger partial charge in [-0.05, 0) is 49.4 Å². The smallest absolute Gasteiger partial charge is 0.126 e. The van der Waals surface area contributed by atoms with E-state index in [1.807, 2.05) is 30.1 Å². The fourth-order valence-electron chi connectivity index (χ4n) is 4.28. The van der Waals surface area contributed by atoms with Gasteiger partial charge >= 0.3 is 0 Å². The lowest BCUT2D eigenvalue weighted by Crippen LogP contribution is -2.40. The van der Waals surface area contributed by atoms with Gasteiger partial charge in [0.05, 0.1) is 18.9 Å². The van der Waals surface area contributed by atoms with E-state index in [9.17, 15) is 4.39 Å². The van der Waals surface area contributed by atoms with Crippen LogP contribution in [0, 0.1) is 11.2 Å². The zero-order valence-electron chi connectivity index (χ0n) is 14.8. The van der Waals surface area contributed by atoms with Crippen molar-refractivity contribution in [2.24, 2.45) is 12.5 Å². The summed E-state index contributed by atoms with van der Waals surface area (Å²) in [6.45, 7) is 4.01. The van der Waals surface area contributed by atoms with Gasteiger partial charge < -0.3 is 4.74 Å². The van der Waals surface area contributed by atoms with Gasteiger partial charge in [-0.2, -0.15) is 5.10 Å². The van der Waals surface area contributed by atoms with E-state index in [0.717, 1.165) is 38.2 Å². The Balaban J connectivity index is 1.30. The molecule has 0 bridgehead atoms. The van der Waals surface area contributed by atoms with Crippen LogP contribution in [0.4, 0.5) is 4.39 Å². The van der Waals surface area contributed by atoms with Crippen LogP contribution in [0.2, 0.25) is 0 Å². The number of piperidine rings is 1. The molecule has 0 N–H and O–H groups in total. The maximum atomic E-state index is 13.9. The van der Waals surface area contributed by atoms with Gasteiger partial charge in [-0.15, -0.1) is 0 Å². The van der Waals surface area contributed by atoms with Crippen molar-refractivity contribution in [2.75, 3.05) is 19.7 Å². The summed E-state index contributed by atoms with van der Waals surface area (Å²) in [4.78, 5) is 2.51. The molecule has 0 amide bonds. The number of hydrogen-bond donors (Lipinski definition) is 0. The van der Waals surface area contributed by atoms with Crippen LogP contribution in [0.1, 0.15) is 30.4 Å². The SMILES string of the molecule is Cn1cc(CN2CCC3(CC2)CO[C@H](Cc2ccccc2F)C3)cn1. The van der Waals surface area contributed by atoms with E-state index in [-0.39, 0.29) is 11.9 Å². The largest absolute Gasteiger partial charge is 0.377 e. The summed E-state index contributed by atoms with van der Waals surface area (Å²) in [6, 6.07) is 7.06. The highest BCUT2D eigenvalue weighted by molar-refractivity contribution is 5.18. The van der Waals surface area contributed by atoms with Gasteiger partial charge in [0.15, 0.2) is 0 Å². The summed E-state index contributed by atoms with van der Waals surface area (Å²) in [5.74, 6) is -0.113. The average Bonchev–Trinajstić information content (AvgIpc) is 3.19. The molecule has 0 radical (unpaired) electrons. The highest BCUT2D eigenvalue weighted by Crippen LogP contribution is 2.43. The molecule has 1 atom stereocenters. The molecule has 1 aromatic carbocycles. The van der Waals surface area contributed by atoms with E-state index in [1.54, 1.807) is 6.07 Å². The number of halogens is 1. The molecule has 0 aliphatic carbocycles. The monoisotopic (exact) mass is 343 g/mol. The summed E-state index contributed by atoms with van der Waals surface area (Å²) in [5, 5.41) is 4.25. The molecule has 3 heterocycles. The van der Waals surface area contributed by atoms with Crippen molar-refractivity contribution in [2.45, 2.75) is 38.3 Å². The Kier molecular flexibility index (Phi) is 4.61. The molecule has 2 saturated heterocycles. The van der Waals surface area contributed by atoms with E-state index in [1.165, 1.54) is 24.5 Å². The summed E-state index contributed by atoms with van der Waals surface area (Å²) in [5.41, 5.74) is 2.35. The second-order valence-corrected chi connectivity index (χ2v) is 7.73. The highest BCUT2D eigenvalue weighted by Gasteiger charge is 2.42. The van der Waals surface area contributed by atoms with Gasteiger partial charge in [0.25, 0.3) is 0 Å². The van der Waals surface area contributed by atoms with Crippen molar-refractivity contribution in [1.82, 2.24) is 14.7 Å². The number of rotatable bonds is 4. The highest BCUT2D eigenvalue weighted by atomic mass is 19.1. The maximum Gasteiger partial charge on any atom is 0.126 e. The van der Waals surface area contributed by atoms with E-state index in [4.69, 9.17) is 4.74 Å². The summed E-state index contributed by atoms with van der Waals surface area (Å²) < 4.78 is 21.8. The van der Waals surface area contributed by atoms with Gasteiger partial charge in [0.1, 0.15) is 5.82 Å². The second kappa shape index (κ2) is 6.89. The summed E-state index contributed by atoms with van der Waals surface area (Å²) in [6.07, 6.45) is 8.28. The number of aryl methyl sites for hydroxylation is 1. The Bertz CT molecular complexity index is 721. The van der Waals surface area contributed by atoms with Crippen molar-refractivity contribution in [1.29, 1.82) is 0 Å². The average molecular weight is 343 g/mol. The molecule has 25 heavy (non-hydrogen) atoms. The molecule has 4 nitrogen and oxygen atoms in total. The first-order chi connectivity index (χ1) is 12.1. The van der Waals surface area contributed by atoms with E-state index < -0.39 is 0 Å². The summed E-state index contributed by atoms with van der Waals surface area (Å²) >= 11 is 0. The second-order valence-electron chi connectivity index (χ2n) is 7.73. The third-order valence-electron chi connectivity index (χ3n) is 5.77. The van der Waals surface area contributed by atoms with Crippen LogP contribution in [0.5, 0.6) is 0 Å². The number of nitrogens with zero attached hydrogens (tertiary/aromatic N) is 3. The Hall–Kier alpha value is -1.72. The molecule has 1 aromatic heterocycles. The van der Waals surface area contributed by atoms with Crippen LogP contribution in [-0.4, -0.2) is 40.5 Å². The van der Waals surface area contributed by atoms with Crippen LogP contribution in [0.3, 0.4) is 0 Å². The third kappa shape index (κ3) is 3.77. The molecule has 2 aliphatic heterocycles. The molecule has 2 fully saturated rings. The zero-order chi connectivity index (χ0) is 17.3. The van der Waals surface area contributed by atoms with Crippen molar-refractivity contribution in [3.8, 4) is 0 Å². The minimum absolute atomic E-state index is 0.113. The van der Waals surface area contributed by atoms with Crippen LogP contribution >= 0.6 is 0 Å². The topological polar surface area (TPSA) is 30.3 Å². The van der Waals surface area contributed by atoms with Crippen molar-refractivity contribution in [3.63, 3.8) is 0 Å². The Labute approximate surface area is 148 Å². The van der Waals surface area contributed by atoms with Gasteiger partial charge in [-0.25, -0.2) is 4.39 Å². The molecule has 0 saturated carbocycles. The van der Waals surface area contributed by atoms with Gasteiger partial charge in [0, 0.05) is 31.8 Å². The van der Waals surface area contributed by atoms with Crippen molar-refractivity contribution in [3.05, 3.63) is 53.6 Å². The van der Waals surface area contributed by atoms with E-state index in [0.29, 0.717) is 11.8 Å².